The van der Waals surface area contributed by atoms with E-state index in [-0.39, 0.29) is 5.78 Å². The molecule has 1 heterocycles. The van der Waals surface area contributed by atoms with Crippen molar-refractivity contribution in [1.82, 2.24) is 0 Å². The third-order valence-electron chi connectivity index (χ3n) is 3.11. The standard InChI is InChI=1S/C17H18O3S/c1-11-7-16(12(2)21-11)17(18)6-5-13-8-14(19-3)10-15(9-13)20-4/h5-10H,1-4H3/b6-5+. The van der Waals surface area contributed by atoms with E-state index in [1.807, 2.05) is 32.0 Å². The van der Waals surface area contributed by atoms with Crippen LogP contribution in [0.2, 0.25) is 0 Å². The van der Waals surface area contributed by atoms with Gasteiger partial charge in [0.25, 0.3) is 0 Å². The maximum atomic E-state index is 12.2. The lowest BCUT2D eigenvalue weighted by atomic mass is 10.1. The van der Waals surface area contributed by atoms with E-state index in [2.05, 4.69) is 0 Å². The SMILES string of the molecule is COc1cc(/C=C/C(=O)c2cc(C)sc2C)cc(OC)c1. The van der Waals surface area contributed by atoms with Gasteiger partial charge in [0.05, 0.1) is 14.2 Å². The van der Waals surface area contributed by atoms with Gasteiger partial charge in [0.15, 0.2) is 5.78 Å². The molecule has 0 aliphatic heterocycles. The predicted octanol–water partition coefficient (Wildman–Crippen LogP) is 4.28. The number of ketones is 1. The Morgan fingerprint density at radius 1 is 1.05 bits per heavy atom. The number of hydrogen-bond donors (Lipinski definition) is 0. The largest absolute Gasteiger partial charge is 0.497 e. The lowest BCUT2D eigenvalue weighted by molar-refractivity contribution is 0.104. The molecule has 0 saturated carbocycles. The summed E-state index contributed by atoms with van der Waals surface area (Å²) in [6, 6.07) is 7.44. The molecule has 4 heteroatoms. The molecule has 2 aromatic rings. The van der Waals surface area contributed by atoms with Crippen LogP contribution in [0.3, 0.4) is 0 Å². The van der Waals surface area contributed by atoms with E-state index >= 15 is 0 Å². The molecule has 0 aliphatic rings. The number of allylic oxidation sites excluding steroid dienone is 1. The van der Waals surface area contributed by atoms with Crippen LogP contribution in [-0.2, 0) is 0 Å². The second-order valence-corrected chi connectivity index (χ2v) is 6.13. The minimum atomic E-state index is 0.0126. The minimum Gasteiger partial charge on any atom is -0.497 e. The summed E-state index contributed by atoms with van der Waals surface area (Å²) in [5, 5.41) is 0. The summed E-state index contributed by atoms with van der Waals surface area (Å²) < 4.78 is 10.4. The topological polar surface area (TPSA) is 35.5 Å². The Balaban J connectivity index is 2.24. The molecule has 3 nitrogen and oxygen atoms in total. The van der Waals surface area contributed by atoms with Crippen LogP contribution in [0.25, 0.3) is 6.08 Å². The summed E-state index contributed by atoms with van der Waals surface area (Å²) in [6.07, 6.45) is 3.36. The lowest BCUT2D eigenvalue weighted by Gasteiger charge is -2.05. The van der Waals surface area contributed by atoms with E-state index in [9.17, 15) is 4.79 Å². The third kappa shape index (κ3) is 3.73. The first-order valence-electron chi connectivity index (χ1n) is 6.56. The van der Waals surface area contributed by atoms with Gasteiger partial charge in [-0.3, -0.25) is 4.79 Å². The lowest BCUT2D eigenvalue weighted by Crippen LogP contribution is -1.94. The highest BCUT2D eigenvalue weighted by molar-refractivity contribution is 7.12. The molecule has 0 bridgehead atoms. The monoisotopic (exact) mass is 302 g/mol. The molecule has 1 aromatic carbocycles. The molecule has 21 heavy (non-hydrogen) atoms. The van der Waals surface area contributed by atoms with Gasteiger partial charge >= 0.3 is 0 Å². The van der Waals surface area contributed by atoms with Crippen molar-refractivity contribution in [2.45, 2.75) is 13.8 Å². The van der Waals surface area contributed by atoms with Gasteiger partial charge in [0.2, 0.25) is 0 Å². The van der Waals surface area contributed by atoms with Gasteiger partial charge in [-0.2, -0.15) is 0 Å². The highest BCUT2D eigenvalue weighted by Gasteiger charge is 2.09. The van der Waals surface area contributed by atoms with Gasteiger partial charge in [0, 0.05) is 21.4 Å². The fourth-order valence-electron chi connectivity index (χ4n) is 2.06. The summed E-state index contributed by atoms with van der Waals surface area (Å²) >= 11 is 1.64. The first-order valence-corrected chi connectivity index (χ1v) is 7.37. The Bertz CT molecular complexity index is 661. The summed E-state index contributed by atoms with van der Waals surface area (Å²) in [4.78, 5) is 14.4. The van der Waals surface area contributed by atoms with Crippen LogP contribution in [0.15, 0.2) is 30.3 Å². The number of aryl methyl sites for hydroxylation is 2. The molecule has 0 aliphatic carbocycles. The Labute approximate surface area is 128 Å². The van der Waals surface area contributed by atoms with Crippen molar-refractivity contribution in [2.24, 2.45) is 0 Å². The smallest absolute Gasteiger partial charge is 0.186 e. The Morgan fingerprint density at radius 2 is 1.67 bits per heavy atom. The van der Waals surface area contributed by atoms with Crippen LogP contribution in [0, 0.1) is 13.8 Å². The highest BCUT2D eigenvalue weighted by Crippen LogP contribution is 2.24. The quantitative estimate of drug-likeness (QED) is 0.611. The van der Waals surface area contributed by atoms with E-state index in [1.165, 1.54) is 0 Å². The van der Waals surface area contributed by atoms with Gasteiger partial charge < -0.3 is 9.47 Å². The fourth-order valence-corrected chi connectivity index (χ4v) is 2.99. The third-order valence-corrected chi connectivity index (χ3v) is 4.07. The van der Waals surface area contributed by atoms with Crippen molar-refractivity contribution in [3.05, 3.63) is 51.2 Å². The summed E-state index contributed by atoms with van der Waals surface area (Å²) in [5.74, 6) is 1.41. The van der Waals surface area contributed by atoms with E-state index in [0.717, 1.165) is 20.9 Å². The Hall–Kier alpha value is -2.07. The second-order valence-electron chi connectivity index (χ2n) is 4.67. The molecule has 0 amide bonds. The molecule has 1 aromatic heterocycles. The zero-order valence-electron chi connectivity index (χ0n) is 12.6. The van der Waals surface area contributed by atoms with Crippen molar-refractivity contribution in [2.75, 3.05) is 14.2 Å². The van der Waals surface area contributed by atoms with Gasteiger partial charge in [-0.15, -0.1) is 11.3 Å². The van der Waals surface area contributed by atoms with E-state index in [4.69, 9.17) is 9.47 Å². The zero-order valence-corrected chi connectivity index (χ0v) is 13.4. The van der Waals surface area contributed by atoms with Crippen molar-refractivity contribution in [3.8, 4) is 11.5 Å². The molecule has 2 rings (SSSR count). The number of carbonyl (C=O) groups excluding carboxylic acids is 1. The number of methoxy groups -OCH3 is 2. The summed E-state index contributed by atoms with van der Waals surface area (Å²) in [5.41, 5.74) is 1.63. The first-order chi connectivity index (χ1) is 10.0. The summed E-state index contributed by atoms with van der Waals surface area (Å²) in [6.45, 7) is 3.97. The van der Waals surface area contributed by atoms with E-state index in [1.54, 1.807) is 43.8 Å². The molecule has 0 spiro atoms. The van der Waals surface area contributed by atoms with Crippen molar-refractivity contribution >= 4 is 23.2 Å². The van der Waals surface area contributed by atoms with Crippen molar-refractivity contribution < 1.29 is 14.3 Å². The molecule has 0 saturated heterocycles. The van der Waals surface area contributed by atoms with E-state index < -0.39 is 0 Å². The van der Waals surface area contributed by atoms with Crippen molar-refractivity contribution in [3.63, 3.8) is 0 Å². The predicted molar refractivity (Wildman–Crippen MR) is 86.7 cm³/mol. The van der Waals surface area contributed by atoms with Gasteiger partial charge in [-0.25, -0.2) is 0 Å². The van der Waals surface area contributed by atoms with Crippen LogP contribution >= 0.6 is 11.3 Å². The number of carbonyl (C=O) groups is 1. The molecule has 0 unspecified atom stereocenters. The molecule has 0 radical (unpaired) electrons. The summed E-state index contributed by atoms with van der Waals surface area (Å²) in [7, 11) is 3.20. The second kappa shape index (κ2) is 6.59. The first kappa shape index (κ1) is 15.3. The number of ether oxygens (including phenoxy) is 2. The maximum Gasteiger partial charge on any atom is 0.186 e. The van der Waals surface area contributed by atoms with Gasteiger partial charge in [-0.1, -0.05) is 6.08 Å². The van der Waals surface area contributed by atoms with Crippen LogP contribution in [0.5, 0.6) is 11.5 Å². The number of thiophene rings is 1. The molecule has 110 valence electrons. The molecule has 0 N–H and O–H groups in total. The molecular formula is C17H18O3S. The average Bonchev–Trinajstić information content (AvgIpc) is 2.83. The number of benzene rings is 1. The van der Waals surface area contributed by atoms with Crippen molar-refractivity contribution in [1.29, 1.82) is 0 Å². The van der Waals surface area contributed by atoms with Gasteiger partial charge in [0.1, 0.15) is 11.5 Å². The minimum absolute atomic E-state index is 0.0126. The normalized spacial score (nSPS) is 10.9. The Kier molecular flexibility index (Phi) is 4.81. The number of hydrogen-bond acceptors (Lipinski definition) is 4. The molecule has 0 fully saturated rings. The van der Waals surface area contributed by atoms with Crippen LogP contribution < -0.4 is 9.47 Å². The molecule has 0 atom stereocenters. The van der Waals surface area contributed by atoms with Crippen LogP contribution in [0.4, 0.5) is 0 Å². The highest BCUT2D eigenvalue weighted by atomic mass is 32.1. The average molecular weight is 302 g/mol. The Morgan fingerprint density at radius 3 is 2.14 bits per heavy atom. The van der Waals surface area contributed by atoms with Crippen LogP contribution in [0.1, 0.15) is 25.7 Å². The molecular weight excluding hydrogens is 284 g/mol. The fraction of sp³-hybridized carbons (Fsp3) is 0.235. The van der Waals surface area contributed by atoms with Crippen LogP contribution in [-0.4, -0.2) is 20.0 Å². The number of rotatable bonds is 5. The van der Waals surface area contributed by atoms with E-state index in [0.29, 0.717) is 11.5 Å². The maximum absolute atomic E-state index is 12.2. The van der Waals surface area contributed by atoms with Gasteiger partial charge in [-0.05, 0) is 43.7 Å². The zero-order chi connectivity index (χ0) is 15.4.